The van der Waals surface area contributed by atoms with Crippen molar-refractivity contribution < 1.29 is 9.94 Å². The molecule has 0 spiro atoms. The van der Waals surface area contributed by atoms with Crippen molar-refractivity contribution in [2.45, 2.75) is 6.61 Å². The van der Waals surface area contributed by atoms with Gasteiger partial charge < -0.3 is 15.7 Å². The van der Waals surface area contributed by atoms with Gasteiger partial charge in [0.05, 0.1) is 5.02 Å². The average Bonchev–Trinajstić information content (AvgIpc) is 2.46. The molecule has 20 heavy (non-hydrogen) atoms. The Kier molecular flexibility index (Phi) is 4.71. The van der Waals surface area contributed by atoms with Crippen LogP contribution >= 0.6 is 23.2 Å². The van der Waals surface area contributed by atoms with E-state index in [0.717, 1.165) is 5.56 Å². The van der Waals surface area contributed by atoms with Crippen molar-refractivity contribution in [1.82, 2.24) is 0 Å². The van der Waals surface area contributed by atoms with Gasteiger partial charge in [0, 0.05) is 16.1 Å². The molecule has 0 saturated carbocycles. The van der Waals surface area contributed by atoms with Gasteiger partial charge >= 0.3 is 0 Å². The van der Waals surface area contributed by atoms with Gasteiger partial charge in [-0.25, -0.2) is 0 Å². The number of hydrogen-bond donors (Lipinski definition) is 2. The maximum absolute atomic E-state index is 8.62. The molecule has 2 aromatic rings. The molecule has 0 aliphatic carbocycles. The number of nitrogens with two attached hydrogens (primary N) is 1. The fourth-order valence-electron chi connectivity index (χ4n) is 1.62. The van der Waals surface area contributed by atoms with Crippen LogP contribution in [0.15, 0.2) is 47.6 Å². The van der Waals surface area contributed by atoms with Crippen LogP contribution in [0.1, 0.15) is 11.1 Å². The molecule has 0 heterocycles. The zero-order valence-corrected chi connectivity index (χ0v) is 11.9. The van der Waals surface area contributed by atoms with Gasteiger partial charge in [-0.15, -0.1) is 0 Å². The van der Waals surface area contributed by atoms with E-state index in [2.05, 4.69) is 5.16 Å². The monoisotopic (exact) mass is 310 g/mol. The maximum atomic E-state index is 8.62. The van der Waals surface area contributed by atoms with Crippen molar-refractivity contribution in [3.05, 3.63) is 63.6 Å². The van der Waals surface area contributed by atoms with Crippen LogP contribution in [0.3, 0.4) is 0 Å². The van der Waals surface area contributed by atoms with E-state index < -0.39 is 0 Å². The van der Waals surface area contributed by atoms with Gasteiger partial charge in [-0.05, 0) is 24.3 Å². The predicted octanol–water partition coefficient (Wildman–Crippen LogP) is 3.67. The van der Waals surface area contributed by atoms with E-state index in [0.29, 0.717) is 28.0 Å². The number of hydrogen-bond acceptors (Lipinski definition) is 3. The number of rotatable bonds is 4. The Hall–Kier alpha value is -1.91. The Morgan fingerprint density at radius 1 is 1.15 bits per heavy atom. The van der Waals surface area contributed by atoms with Crippen LogP contribution in [0, 0.1) is 0 Å². The molecule has 4 nitrogen and oxygen atoms in total. The lowest BCUT2D eigenvalue weighted by atomic mass is 10.2. The van der Waals surface area contributed by atoms with Crippen LogP contribution in [0.2, 0.25) is 10.0 Å². The van der Waals surface area contributed by atoms with Crippen LogP contribution in [0.5, 0.6) is 5.75 Å². The van der Waals surface area contributed by atoms with Crippen LogP contribution in [0.25, 0.3) is 0 Å². The molecule has 6 heteroatoms. The number of amidine groups is 1. The highest BCUT2D eigenvalue weighted by molar-refractivity contribution is 6.34. The Morgan fingerprint density at radius 2 is 1.90 bits per heavy atom. The molecule has 0 radical (unpaired) electrons. The number of benzene rings is 2. The van der Waals surface area contributed by atoms with Gasteiger partial charge in [-0.2, -0.15) is 0 Å². The average molecular weight is 311 g/mol. The molecule has 0 fully saturated rings. The second kappa shape index (κ2) is 6.50. The summed E-state index contributed by atoms with van der Waals surface area (Å²) in [7, 11) is 0. The molecule has 0 aromatic heterocycles. The molecule has 0 aliphatic rings. The van der Waals surface area contributed by atoms with Crippen LogP contribution in [0.4, 0.5) is 0 Å². The fraction of sp³-hybridized carbons (Fsp3) is 0.0714. The summed E-state index contributed by atoms with van der Waals surface area (Å²) in [6.07, 6.45) is 0. The third kappa shape index (κ3) is 3.35. The quantitative estimate of drug-likeness (QED) is 0.392. The number of halogens is 2. The van der Waals surface area contributed by atoms with Crippen LogP contribution in [-0.2, 0) is 6.61 Å². The summed E-state index contributed by atoms with van der Waals surface area (Å²) in [5.41, 5.74) is 6.81. The second-order valence-electron chi connectivity index (χ2n) is 4.01. The van der Waals surface area contributed by atoms with E-state index in [9.17, 15) is 0 Å². The van der Waals surface area contributed by atoms with Crippen molar-refractivity contribution in [3.63, 3.8) is 0 Å². The predicted molar refractivity (Wildman–Crippen MR) is 79.7 cm³/mol. The van der Waals surface area contributed by atoms with Gasteiger partial charge in [0.15, 0.2) is 5.84 Å². The molecule has 3 N–H and O–H groups in total. The minimum absolute atomic E-state index is 0.0485. The molecule has 0 aliphatic heterocycles. The van der Waals surface area contributed by atoms with Crippen LogP contribution < -0.4 is 10.5 Å². The molecule has 104 valence electrons. The molecule has 2 aromatic carbocycles. The van der Waals surface area contributed by atoms with Crippen LogP contribution in [-0.4, -0.2) is 11.0 Å². The Morgan fingerprint density at radius 3 is 2.55 bits per heavy atom. The third-order valence-corrected chi connectivity index (χ3v) is 3.36. The Bertz CT molecular complexity index is 645. The number of ether oxygens (including phenoxy) is 1. The van der Waals surface area contributed by atoms with Crippen molar-refractivity contribution in [1.29, 1.82) is 0 Å². The zero-order chi connectivity index (χ0) is 14.5. The Balaban J connectivity index is 2.12. The topological polar surface area (TPSA) is 67.8 Å². The lowest BCUT2D eigenvalue weighted by Gasteiger charge is -2.09. The number of nitrogens with zero attached hydrogens (tertiary/aromatic N) is 1. The zero-order valence-electron chi connectivity index (χ0n) is 10.4. The number of oxime groups is 1. The highest BCUT2D eigenvalue weighted by Crippen LogP contribution is 2.24. The van der Waals surface area contributed by atoms with Crippen molar-refractivity contribution in [3.8, 4) is 5.75 Å². The maximum Gasteiger partial charge on any atom is 0.171 e. The smallest absolute Gasteiger partial charge is 0.171 e. The fourth-order valence-corrected chi connectivity index (χ4v) is 2.08. The van der Waals surface area contributed by atoms with Gasteiger partial charge in [0.1, 0.15) is 12.4 Å². The van der Waals surface area contributed by atoms with Gasteiger partial charge in [-0.1, -0.05) is 46.6 Å². The third-order valence-electron chi connectivity index (χ3n) is 2.68. The normalized spacial score (nSPS) is 11.4. The first-order valence-electron chi connectivity index (χ1n) is 5.75. The second-order valence-corrected chi connectivity index (χ2v) is 4.82. The molecule has 0 bridgehead atoms. The molecule has 2 rings (SSSR count). The first kappa shape index (κ1) is 14.5. The largest absolute Gasteiger partial charge is 0.489 e. The summed E-state index contributed by atoms with van der Waals surface area (Å²) in [5.74, 6) is 0.525. The summed E-state index contributed by atoms with van der Waals surface area (Å²) in [4.78, 5) is 0. The molecule has 0 amide bonds. The standard InChI is InChI=1S/C14H12Cl2N2O2/c15-12-4-2-1-3-9(12)8-20-10-5-6-11(13(16)7-10)14(17)18-19/h1-7,19H,8H2,(H2,17,18). The first-order chi connectivity index (χ1) is 9.61. The SMILES string of the molecule is NC(=NO)c1ccc(OCc2ccccc2Cl)cc1Cl. The van der Waals surface area contributed by atoms with E-state index in [4.69, 9.17) is 38.9 Å². The summed E-state index contributed by atoms with van der Waals surface area (Å²) in [5, 5.41) is 12.5. The van der Waals surface area contributed by atoms with E-state index in [-0.39, 0.29) is 5.84 Å². The molecule has 0 unspecified atom stereocenters. The minimum Gasteiger partial charge on any atom is -0.489 e. The van der Waals surface area contributed by atoms with Crippen molar-refractivity contribution in [2.75, 3.05) is 0 Å². The first-order valence-corrected chi connectivity index (χ1v) is 6.51. The highest BCUT2D eigenvalue weighted by atomic mass is 35.5. The van der Waals surface area contributed by atoms with Crippen molar-refractivity contribution >= 4 is 29.0 Å². The highest BCUT2D eigenvalue weighted by Gasteiger charge is 2.07. The lowest BCUT2D eigenvalue weighted by Crippen LogP contribution is -2.13. The molecular weight excluding hydrogens is 299 g/mol. The van der Waals surface area contributed by atoms with E-state index in [1.165, 1.54) is 0 Å². The van der Waals surface area contributed by atoms with Gasteiger partial charge in [0.25, 0.3) is 0 Å². The summed E-state index contributed by atoms with van der Waals surface area (Å²) >= 11 is 12.1. The van der Waals surface area contributed by atoms with Crippen molar-refractivity contribution in [2.24, 2.45) is 10.9 Å². The summed E-state index contributed by atoms with van der Waals surface area (Å²) in [6, 6.07) is 12.3. The summed E-state index contributed by atoms with van der Waals surface area (Å²) < 4.78 is 5.61. The van der Waals surface area contributed by atoms with E-state index >= 15 is 0 Å². The van der Waals surface area contributed by atoms with Gasteiger partial charge in [0.2, 0.25) is 0 Å². The van der Waals surface area contributed by atoms with Gasteiger partial charge in [-0.3, -0.25) is 0 Å². The van der Waals surface area contributed by atoms with E-state index in [1.54, 1.807) is 24.3 Å². The molecule has 0 saturated heterocycles. The lowest BCUT2D eigenvalue weighted by molar-refractivity contribution is 0.306. The minimum atomic E-state index is -0.0485. The van der Waals surface area contributed by atoms with E-state index in [1.807, 2.05) is 18.2 Å². The molecule has 0 atom stereocenters. The molecular formula is C14H12Cl2N2O2. The summed E-state index contributed by atoms with van der Waals surface area (Å²) in [6.45, 7) is 0.332. The Labute approximate surface area is 126 Å².